The van der Waals surface area contributed by atoms with Crippen LogP contribution in [0.1, 0.15) is 38.3 Å². The fraction of sp³-hybridized carbons (Fsp3) is 0.333. The Bertz CT molecular complexity index is 704. The van der Waals surface area contributed by atoms with E-state index in [0.717, 1.165) is 17.7 Å². The normalized spacial score (nSPS) is 12.1. The Morgan fingerprint density at radius 3 is 2.45 bits per heavy atom. The summed E-state index contributed by atoms with van der Waals surface area (Å²) in [6, 6.07) is 13.5. The summed E-state index contributed by atoms with van der Waals surface area (Å²) in [5.41, 5.74) is 2.34. The van der Waals surface area contributed by atoms with E-state index < -0.39 is 5.97 Å². The molecule has 0 aliphatic heterocycles. The molecule has 4 heteroatoms. The zero-order chi connectivity index (χ0) is 16.1. The van der Waals surface area contributed by atoms with Gasteiger partial charge in [0.1, 0.15) is 0 Å². The van der Waals surface area contributed by atoms with Crippen molar-refractivity contribution in [2.24, 2.45) is 0 Å². The van der Waals surface area contributed by atoms with Gasteiger partial charge in [-0.1, -0.05) is 43.3 Å². The summed E-state index contributed by atoms with van der Waals surface area (Å²) in [7, 11) is 0. The Kier molecular flexibility index (Phi) is 5.15. The van der Waals surface area contributed by atoms with Gasteiger partial charge in [0, 0.05) is 18.0 Å². The van der Waals surface area contributed by atoms with Crippen LogP contribution in [0.3, 0.4) is 0 Å². The van der Waals surface area contributed by atoms with Gasteiger partial charge in [-0.15, -0.1) is 0 Å². The lowest BCUT2D eigenvalue weighted by molar-refractivity contribution is -0.136. The fourth-order valence-corrected chi connectivity index (χ4v) is 2.49. The van der Waals surface area contributed by atoms with E-state index in [1.165, 1.54) is 0 Å². The first-order chi connectivity index (χ1) is 10.5. The van der Waals surface area contributed by atoms with Crippen molar-refractivity contribution >= 4 is 5.97 Å². The van der Waals surface area contributed by atoms with Crippen LogP contribution < -0.4 is 5.56 Å². The highest BCUT2D eigenvalue weighted by Gasteiger charge is 2.15. The molecule has 0 spiro atoms. The molecule has 0 aliphatic rings. The number of aliphatic carboxylic acids is 1. The second-order valence-electron chi connectivity index (χ2n) is 5.44. The largest absolute Gasteiger partial charge is 0.481 e. The molecule has 0 fully saturated rings. The number of aromatic nitrogens is 1. The molecule has 1 N–H and O–H groups in total. The van der Waals surface area contributed by atoms with Gasteiger partial charge in [-0.3, -0.25) is 9.59 Å². The first kappa shape index (κ1) is 16.0. The average molecular weight is 299 g/mol. The molecular formula is C18H21NO3. The van der Waals surface area contributed by atoms with Crippen LogP contribution in [0.2, 0.25) is 0 Å². The van der Waals surface area contributed by atoms with E-state index >= 15 is 0 Å². The van der Waals surface area contributed by atoms with Crippen LogP contribution in [0.15, 0.2) is 47.3 Å². The van der Waals surface area contributed by atoms with Gasteiger partial charge in [0.25, 0.3) is 5.56 Å². The quantitative estimate of drug-likeness (QED) is 0.888. The smallest absolute Gasteiger partial charge is 0.303 e. The predicted molar refractivity (Wildman–Crippen MR) is 87.1 cm³/mol. The van der Waals surface area contributed by atoms with Gasteiger partial charge < -0.3 is 9.67 Å². The molecule has 0 radical (unpaired) electrons. The van der Waals surface area contributed by atoms with Crippen LogP contribution in [0.5, 0.6) is 0 Å². The summed E-state index contributed by atoms with van der Waals surface area (Å²) in [4.78, 5) is 23.5. The average Bonchev–Trinajstić information content (AvgIpc) is 2.53. The van der Waals surface area contributed by atoms with Gasteiger partial charge in [-0.25, -0.2) is 0 Å². The number of nitrogens with zero attached hydrogens (tertiary/aromatic N) is 1. The third-order valence-corrected chi connectivity index (χ3v) is 3.90. The van der Waals surface area contributed by atoms with E-state index in [1.807, 2.05) is 50.2 Å². The summed E-state index contributed by atoms with van der Waals surface area (Å²) in [6.07, 6.45) is 1.07. The van der Waals surface area contributed by atoms with Gasteiger partial charge in [-0.05, 0) is 31.4 Å². The Balaban J connectivity index is 2.54. The number of carbonyl (C=O) groups is 1. The maximum atomic E-state index is 12.7. The standard InChI is InChI=1S/C18H21NO3/c1-3-13(2)19-16(14-7-5-4-6-8-14)11-9-15(18(19)22)10-12-17(20)21/h4-9,11,13H,3,10,12H2,1-2H3,(H,20,21). The summed E-state index contributed by atoms with van der Waals surface area (Å²) in [5, 5.41) is 8.81. The molecule has 22 heavy (non-hydrogen) atoms. The number of hydrogen-bond acceptors (Lipinski definition) is 2. The Morgan fingerprint density at radius 1 is 1.18 bits per heavy atom. The molecule has 116 valence electrons. The molecule has 1 unspecified atom stereocenters. The lowest BCUT2D eigenvalue weighted by atomic mass is 10.1. The maximum absolute atomic E-state index is 12.7. The SMILES string of the molecule is CCC(C)n1c(-c2ccccc2)ccc(CCC(=O)O)c1=O. The second kappa shape index (κ2) is 7.07. The lowest BCUT2D eigenvalue weighted by Crippen LogP contribution is -2.27. The minimum absolute atomic E-state index is 0.0274. The summed E-state index contributed by atoms with van der Waals surface area (Å²) in [6.45, 7) is 4.05. The van der Waals surface area contributed by atoms with E-state index in [-0.39, 0.29) is 24.4 Å². The third-order valence-electron chi connectivity index (χ3n) is 3.90. The maximum Gasteiger partial charge on any atom is 0.303 e. The highest BCUT2D eigenvalue weighted by Crippen LogP contribution is 2.22. The van der Waals surface area contributed by atoms with Crippen molar-refractivity contribution in [3.05, 3.63) is 58.4 Å². The molecule has 0 amide bonds. The number of benzene rings is 1. The molecule has 2 rings (SSSR count). The predicted octanol–water partition coefficient (Wildman–Crippen LogP) is 3.50. The number of rotatable bonds is 6. The molecule has 4 nitrogen and oxygen atoms in total. The van der Waals surface area contributed by atoms with Crippen LogP contribution in [-0.2, 0) is 11.2 Å². The minimum Gasteiger partial charge on any atom is -0.481 e. The van der Waals surface area contributed by atoms with Crippen LogP contribution in [0, 0.1) is 0 Å². The highest BCUT2D eigenvalue weighted by molar-refractivity contribution is 5.67. The molecule has 0 saturated heterocycles. The van der Waals surface area contributed by atoms with E-state index in [4.69, 9.17) is 5.11 Å². The van der Waals surface area contributed by atoms with Gasteiger partial charge in [0.2, 0.25) is 0 Å². The summed E-state index contributed by atoms with van der Waals surface area (Å²) < 4.78 is 1.78. The lowest BCUT2D eigenvalue weighted by Gasteiger charge is -2.20. The number of carboxylic acid groups (broad SMARTS) is 1. The van der Waals surface area contributed by atoms with Crippen molar-refractivity contribution in [2.45, 2.75) is 39.2 Å². The Morgan fingerprint density at radius 2 is 1.86 bits per heavy atom. The van der Waals surface area contributed by atoms with Crippen molar-refractivity contribution in [3.63, 3.8) is 0 Å². The number of carboxylic acids is 1. The minimum atomic E-state index is -0.887. The first-order valence-electron chi connectivity index (χ1n) is 7.56. The molecule has 1 aromatic carbocycles. The molecule has 0 bridgehead atoms. The summed E-state index contributed by atoms with van der Waals surface area (Å²) >= 11 is 0. The topological polar surface area (TPSA) is 59.3 Å². The van der Waals surface area contributed by atoms with E-state index in [9.17, 15) is 9.59 Å². The molecular weight excluding hydrogens is 278 g/mol. The Labute approximate surface area is 130 Å². The Hall–Kier alpha value is -2.36. The van der Waals surface area contributed by atoms with Crippen LogP contribution in [0.25, 0.3) is 11.3 Å². The number of hydrogen-bond donors (Lipinski definition) is 1. The van der Waals surface area contributed by atoms with Gasteiger partial charge in [0.05, 0.1) is 5.69 Å². The zero-order valence-corrected chi connectivity index (χ0v) is 13.0. The first-order valence-corrected chi connectivity index (χ1v) is 7.56. The molecule has 0 aliphatic carbocycles. The van der Waals surface area contributed by atoms with E-state index in [0.29, 0.717) is 5.56 Å². The number of pyridine rings is 1. The third kappa shape index (κ3) is 3.45. The van der Waals surface area contributed by atoms with Crippen molar-refractivity contribution in [3.8, 4) is 11.3 Å². The van der Waals surface area contributed by atoms with Crippen LogP contribution in [0.4, 0.5) is 0 Å². The van der Waals surface area contributed by atoms with Gasteiger partial charge >= 0.3 is 5.97 Å². The van der Waals surface area contributed by atoms with Crippen molar-refractivity contribution in [2.75, 3.05) is 0 Å². The number of aryl methyl sites for hydroxylation is 1. The molecule has 1 aromatic heterocycles. The second-order valence-corrected chi connectivity index (χ2v) is 5.44. The van der Waals surface area contributed by atoms with E-state index in [2.05, 4.69) is 0 Å². The van der Waals surface area contributed by atoms with Crippen molar-refractivity contribution < 1.29 is 9.90 Å². The highest BCUT2D eigenvalue weighted by atomic mass is 16.4. The molecule has 0 saturated carbocycles. The molecule has 2 aromatic rings. The monoisotopic (exact) mass is 299 g/mol. The van der Waals surface area contributed by atoms with E-state index in [1.54, 1.807) is 10.6 Å². The fourth-order valence-electron chi connectivity index (χ4n) is 2.49. The molecule has 1 atom stereocenters. The van der Waals surface area contributed by atoms with Crippen LogP contribution >= 0.6 is 0 Å². The summed E-state index contributed by atoms with van der Waals surface area (Å²) in [5.74, 6) is -0.887. The molecule has 1 heterocycles. The van der Waals surface area contributed by atoms with Crippen molar-refractivity contribution in [1.29, 1.82) is 0 Å². The van der Waals surface area contributed by atoms with Crippen molar-refractivity contribution in [1.82, 2.24) is 4.57 Å². The van der Waals surface area contributed by atoms with Gasteiger partial charge in [0.15, 0.2) is 0 Å². The van der Waals surface area contributed by atoms with Gasteiger partial charge in [-0.2, -0.15) is 0 Å². The van der Waals surface area contributed by atoms with Crippen LogP contribution in [-0.4, -0.2) is 15.6 Å². The zero-order valence-electron chi connectivity index (χ0n) is 13.0.